The Morgan fingerprint density at radius 2 is 2.00 bits per heavy atom. The fraction of sp³-hybridized carbons (Fsp3) is 0.200. The van der Waals surface area contributed by atoms with E-state index >= 15 is 0 Å². The lowest BCUT2D eigenvalue weighted by atomic mass is 9.98. The zero-order valence-corrected chi connectivity index (χ0v) is 13.1. The molecule has 0 aliphatic heterocycles. The molecule has 0 aliphatic carbocycles. The van der Waals surface area contributed by atoms with Crippen LogP contribution >= 0.6 is 22.6 Å². The van der Waals surface area contributed by atoms with Crippen LogP contribution in [-0.2, 0) is 6.42 Å². The average Bonchev–Trinajstić information content (AvgIpc) is 2.42. The molecule has 1 atom stereocenters. The van der Waals surface area contributed by atoms with E-state index < -0.39 is 11.6 Å². The van der Waals surface area contributed by atoms with Crippen molar-refractivity contribution in [3.63, 3.8) is 0 Å². The lowest BCUT2D eigenvalue weighted by Gasteiger charge is -2.19. The highest BCUT2D eigenvalue weighted by atomic mass is 127. The monoisotopic (exact) mass is 388 g/mol. The zero-order valence-electron chi connectivity index (χ0n) is 11.0. The molecule has 0 saturated carbocycles. The van der Waals surface area contributed by atoms with E-state index in [0.29, 0.717) is 12.0 Å². The Bertz CT molecular complexity index is 617. The first-order valence-electron chi connectivity index (χ1n) is 6.18. The highest BCUT2D eigenvalue weighted by Gasteiger charge is 2.16. The quantitative estimate of drug-likeness (QED) is 0.477. The molecule has 0 fully saturated rings. The molecule has 2 aromatic rings. The molecule has 106 valence electrons. The van der Waals surface area contributed by atoms with Crippen LogP contribution in [0, 0.1) is 22.1 Å². The SMILES string of the molecule is Cc1cccc(C(Cc2ccc(F)cc2F)NN)c1I. The average molecular weight is 388 g/mol. The summed E-state index contributed by atoms with van der Waals surface area (Å²) in [4.78, 5) is 0. The van der Waals surface area contributed by atoms with Crippen molar-refractivity contribution in [2.75, 3.05) is 0 Å². The molecule has 0 aromatic heterocycles. The summed E-state index contributed by atoms with van der Waals surface area (Å²) in [7, 11) is 0. The molecule has 0 aliphatic rings. The molecule has 5 heteroatoms. The van der Waals surface area contributed by atoms with Gasteiger partial charge in [-0.3, -0.25) is 11.3 Å². The van der Waals surface area contributed by atoms with Gasteiger partial charge in [-0.1, -0.05) is 24.3 Å². The van der Waals surface area contributed by atoms with E-state index in [0.717, 1.165) is 20.8 Å². The van der Waals surface area contributed by atoms with Crippen LogP contribution in [0.2, 0.25) is 0 Å². The van der Waals surface area contributed by atoms with Gasteiger partial charge in [0.15, 0.2) is 0 Å². The second-order valence-corrected chi connectivity index (χ2v) is 5.72. The van der Waals surface area contributed by atoms with Crippen molar-refractivity contribution in [2.45, 2.75) is 19.4 Å². The summed E-state index contributed by atoms with van der Waals surface area (Å²) in [5.74, 6) is 4.48. The first-order valence-corrected chi connectivity index (χ1v) is 7.26. The van der Waals surface area contributed by atoms with E-state index in [4.69, 9.17) is 5.84 Å². The van der Waals surface area contributed by atoms with Crippen molar-refractivity contribution in [3.05, 3.63) is 68.3 Å². The Morgan fingerprint density at radius 1 is 1.25 bits per heavy atom. The molecule has 0 spiro atoms. The Balaban J connectivity index is 2.31. The van der Waals surface area contributed by atoms with Crippen molar-refractivity contribution in [3.8, 4) is 0 Å². The second-order valence-electron chi connectivity index (χ2n) is 4.64. The highest BCUT2D eigenvalue weighted by Crippen LogP contribution is 2.26. The number of halogens is 3. The van der Waals surface area contributed by atoms with Gasteiger partial charge in [-0.15, -0.1) is 0 Å². The highest BCUT2D eigenvalue weighted by molar-refractivity contribution is 14.1. The number of nitrogens with one attached hydrogen (secondary N) is 1. The van der Waals surface area contributed by atoms with Gasteiger partial charge in [0.25, 0.3) is 0 Å². The summed E-state index contributed by atoms with van der Waals surface area (Å²) >= 11 is 2.25. The van der Waals surface area contributed by atoms with E-state index in [1.54, 1.807) is 0 Å². The Labute approximate surface area is 130 Å². The van der Waals surface area contributed by atoms with Gasteiger partial charge in [0.05, 0.1) is 6.04 Å². The van der Waals surface area contributed by atoms with Crippen LogP contribution in [-0.4, -0.2) is 0 Å². The first-order chi connectivity index (χ1) is 9.52. The third-order valence-corrected chi connectivity index (χ3v) is 4.71. The number of rotatable bonds is 4. The maximum atomic E-state index is 13.7. The summed E-state index contributed by atoms with van der Waals surface area (Å²) in [5, 5.41) is 0. The molecule has 0 radical (unpaired) electrons. The molecule has 0 saturated heterocycles. The topological polar surface area (TPSA) is 38.0 Å². The van der Waals surface area contributed by atoms with Gasteiger partial charge in [0.1, 0.15) is 11.6 Å². The molecular formula is C15H15F2IN2. The normalized spacial score (nSPS) is 12.4. The van der Waals surface area contributed by atoms with Crippen LogP contribution in [0.15, 0.2) is 36.4 Å². The van der Waals surface area contributed by atoms with E-state index in [9.17, 15) is 8.78 Å². The molecule has 0 amide bonds. The third kappa shape index (κ3) is 3.34. The number of aryl methyl sites for hydroxylation is 1. The van der Waals surface area contributed by atoms with Crippen molar-refractivity contribution >= 4 is 22.6 Å². The van der Waals surface area contributed by atoms with Gasteiger partial charge in [-0.2, -0.15) is 0 Å². The lowest BCUT2D eigenvalue weighted by Crippen LogP contribution is -2.30. The predicted molar refractivity (Wildman–Crippen MR) is 84.0 cm³/mol. The first kappa shape index (κ1) is 15.3. The smallest absolute Gasteiger partial charge is 0.129 e. The molecule has 2 aromatic carbocycles. The Hall–Kier alpha value is -1.05. The van der Waals surface area contributed by atoms with Gasteiger partial charge in [-0.25, -0.2) is 8.78 Å². The van der Waals surface area contributed by atoms with Crippen molar-refractivity contribution in [1.82, 2.24) is 5.43 Å². The van der Waals surface area contributed by atoms with Crippen LogP contribution in [0.5, 0.6) is 0 Å². The number of hydrazine groups is 1. The molecule has 0 bridgehead atoms. The van der Waals surface area contributed by atoms with Crippen LogP contribution in [0.4, 0.5) is 8.78 Å². The minimum absolute atomic E-state index is 0.221. The van der Waals surface area contributed by atoms with Gasteiger partial charge in [0, 0.05) is 9.64 Å². The molecule has 20 heavy (non-hydrogen) atoms. The minimum atomic E-state index is -0.575. The summed E-state index contributed by atoms with van der Waals surface area (Å²) in [6, 6.07) is 9.30. The maximum Gasteiger partial charge on any atom is 0.129 e. The molecule has 3 N–H and O–H groups in total. The van der Waals surface area contributed by atoms with Crippen molar-refractivity contribution < 1.29 is 8.78 Å². The zero-order chi connectivity index (χ0) is 14.7. The fourth-order valence-electron chi connectivity index (χ4n) is 2.11. The number of nitrogens with two attached hydrogens (primary N) is 1. The Morgan fingerprint density at radius 3 is 2.65 bits per heavy atom. The third-order valence-electron chi connectivity index (χ3n) is 3.24. The van der Waals surface area contributed by atoms with E-state index in [2.05, 4.69) is 28.0 Å². The van der Waals surface area contributed by atoms with Crippen LogP contribution in [0.1, 0.15) is 22.7 Å². The maximum absolute atomic E-state index is 13.7. The minimum Gasteiger partial charge on any atom is -0.271 e. The largest absolute Gasteiger partial charge is 0.271 e. The summed E-state index contributed by atoms with van der Waals surface area (Å²) < 4.78 is 27.8. The van der Waals surface area contributed by atoms with Crippen molar-refractivity contribution in [2.24, 2.45) is 5.84 Å². The van der Waals surface area contributed by atoms with Gasteiger partial charge in [-0.05, 0) is 58.7 Å². The number of benzene rings is 2. The molecule has 2 nitrogen and oxygen atoms in total. The molecule has 0 heterocycles. The molecule has 2 rings (SSSR count). The summed E-state index contributed by atoms with van der Waals surface area (Å²) in [5.41, 5.74) is 5.30. The summed E-state index contributed by atoms with van der Waals surface area (Å²) in [6.45, 7) is 2.01. The van der Waals surface area contributed by atoms with E-state index in [1.165, 1.54) is 12.1 Å². The standard InChI is InChI=1S/C15H15F2IN2/c1-9-3-2-4-12(15(9)18)14(20-19)7-10-5-6-11(16)8-13(10)17/h2-6,8,14,20H,7,19H2,1H3. The van der Waals surface area contributed by atoms with Crippen LogP contribution in [0.25, 0.3) is 0 Å². The second kappa shape index (κ2) is 6.60. The van der Waals surface area contributed by atoms with Crippen LogP contribution < -0.4 is 11.3 Å². The predicted octanol–water partition coefficient (Wildman–Crippen LogP) is 3.62. The molecular weight excluding hydrogens is 373 g/mol. The van der Waals surface area contributed by atoms with E-state index in [1.807, 2.05) is 25.1 Å². The number of hydrogen-bond donors (Lipinski definition) is 2. The van der Waals surface area contributed by atoms with Crippen molar-refractivity contribution in [1.29, 1.82) is 0 Å². The summed E-state index contributed by atoms with van der Waals surface area (Å²) in [6.07, 6.45) is 0.363. The van der Waals surface area contributed by atoms with Crippen LogP contribution in [0.3, 0.4) is 0 Å². The Kier molecular flexibility index (Phi) is 5.06. The molecule has 1 unspecified atom stereocenters. The lowest BCUT2D eigenvalue weighted by molar-refractivity contribution is 0.520. The van der Waals surface area contributed by atoms with Gasteiger partial charge < -0.3 is 0 Å². The van der Waals surface area contributed by atoms with E-state index in [-0.39, 0.29) is 6.04 Å². The fourth-order valence-corrected chi connectivity index (χ4v) is 2.84. The van der Waals surface area contributed by atoms with Gasteiger partial charge >= 0.3 is 0 Å². The number of hydrogen-bond acceptors (Lipinski definition) is 2. The van der Waals surface area contributed by atoms with Gasteiger partial charge in [0.2, 0.25) is 0 Å².